The predicted octanol–water partition coefficient (Wildman–Crippen LogP) is 2.54. The molecule has 0 spiro atoms. The summed E-state index contributed by atoms with van der Waals surface area (Å²) in [6.07, 6.45) is 4.01. The van der Waals surface area contributed by atoms with Crippen molar-refractivity contribution in [1.29, 1.82) is 0 Å². The molecule has 2 N–H and O–H groups in total. The molecular formula is C24H28ClN5O5S. The number of fused-ring (bicyclic) bond motifs is 1. The Morgan fingerprint density at radius 2 is 1.97 bits per heavy atom. The molecule has 1 aliphatic rings. The molecule has 1 aliphatic carbocycles. The monoisotopic (exact) mass is 533 g/mol. The summed E-state index contributed by atoms with van der Waals surface area (Å²) in [4.78, 5) is 25.8. The van der Waals surface area contributed by atoms with E-state index in [2.05, 4.69) is 20.2 Å². The van der Waals surface area contributed by atoms with Gasteiger partial charge in [0, 0.05) is 30.5 Å². The van der Waals surface area contributed by atoms with Gasteiger partial charge in [0.2, 0.25) is 10.0 Å². The van der Waals surface area contributed by atoms with Crippen LogP contribution in [0.1, 0.15) is 48.5 Å². The van der Waals surface area contributed by atoms with Gasteiger partial charge in [-0.3, -0.25) is 9.59 Å². The number of ether oxygens (including phenoxy) is 1. The van der Waals surface area contributed by atoms with E-state index < -0.39 is 26.2 Å². The zero-order valence-electron chi connectivity index (χ0n) is 20.1. The zero-order chi connectivity index (χ0) is 25.9. The molecule has 1 aromatic carbocycles. The average molecular weight is 534 g/mol. The van der Waals surface area contributed by atoms with Crippen LogP contribution in [0.3, 0.4) is 0 Å². The maximum Gasteiger partial charge on any atom is 0.263 e. The van der Waals surface area contributed by atoms with E-state index in [1.807, 2.05) is 6.92 Å². The third kappa shape index (κ3) is 5.37. The van der Waals surface area contributed by atoms with Crippen LogP contribution >= 0.6 is 11.6 Å². The van der Waals surface area contributed by atoms with Crippen molar-refractivity contribution in [3.8, 4) is 5.88 Å². The lowest BCUT2D eigenvalue weighted by atomic mass is 10.1. The average Bonchev–Trinajstić information content (AvgIpc) is 3.66. The maximum atomic E-state index is 13.0. The lowest BCUT2D eigenvalue weighted by Crippen LogP contribution is -2.40. The molecule has 0 saturated heterocycles. The van der Waals surface area contributed by atoms with Crippen LogP contribution in [-0.4, -0.2) is 47.0 Å². The van der Waals surface area contributed by atoms with Gasteiger partial charge >= 0.3 is 0 Å². The number of unbranched alkanes of at least 4 members (excludes halogenated alkanes) is 1. The van der Waals surface area contributed by atoms with Gasteiger partial charge in [0.05, 0.1) is 6.20 Å². The number of hydrogen-bond donors (Lipinski definition) is 2. The zero-order valence-corrected chi connectivity index (χ0v) is 21.7. The van der Waals surface area contributed by atoms with Crippen LogP contribution in [0.15, 0.2) is 41.3 Å². The van der Waals surface area contributed by atoms with Crippen LogP contribution in [0.25, 0.3) is 10.9 Å². The fourth-order valence-electron chi connectivity index (χ4n) is 3.82. The molecule has 0 radical (unpaired) electrons. The van der Waals surface area contributed by atoms with Crippen LogP contribution in [0.5, 0.6) is 5.88 Å². The quantitative estimate of drug-likeness (QED) is 0.362. The van der Waals surface area contributed by atoms with Crippen LogP contribution < -0.4 is 20.3 Å². The van der Waals surface area contributed by atoms with Gasteiger partial charge < -0.3 is 14.6 Å². The van der Waals surface area contributed by atoms with Gasteiger partial charge in [-0.25, -0.2) is 13.1 Å². The Bertz CT molecular complexity index is 1440. The van der Waals surface area contributed by atoms with E-state index in [-0.39, 0.29) is 24.6 Å². The minimum Gasteiger partial charge on any atom is -0.473 e. The number of amides is 1. The van der Waals surface area contributed by atoms with Crippen LogP contribution in [-0.2, 0) is 23.6 Å². The molecule has 0 atom stereocenters. The Kier molecular flexibility index (Phi) is 7.62. The lowest BCUT2D eigenvalue weighted by Gasteiger charge is -2.18. The van der Waals surface area contributed by atoms with Crippen molar-refractivity contribution in [2.24, 2.45) is 7.05 Å². The number of carbonyl (C=O) groups is 1. The van der Waals surface area contributed by atoms with E-state index >= 15 is 0 Å². The number of pyridine rings is 1. The number of hydrogen-bond acceptors (Lipinski definition) is 7. The Morgan fingerprint density at radius 3 is 2.64 bits per heavy atom. The molecule has 0 aliphatic heterocycles. The molecule has 0 bridgehead atoms. The number of halogens is 1. The largest absolute Gasteiger partial charge is 0.473 e. The molecule has 4 rings (SSSR count). The summed E-state index contributed by atoms with van der Waals surface area (Å²) < 4.78 is 34.2. The second kappa shape index (κ2) is 10.5. The summed E-state index contributed by atoms with van der Waals surface area (Å²) in [5, 5.41) is 11.7. The van der Waals surface area contributed by atoms with Crippen molar-refractivity contribution in [2.75, 3.05) is 13.2 Å². The second-order valence-electron chi connectivity index (χ2n) is 8.91. The summed E-state index contributed by atoms with van der Waals surface area (Å²) in [6, 6.07) is 8.44. The number of aromatic nitrogens is 3. The van der Waals surface area contributed by atoms with Gasteiger partial charge in [-0.05, 0) is 43.0 Å². The van der Waals surface area contributed by atoms with Gasteiger partial charge in [-0.15, -0.1) is 5.10 Å². The van der Waals surface area contributed by atoms with E-state index in [1.165, 1.54) is 23.9 Å². The first-order valence-corrected chi connectivity index (χ1v) is 13.5. The van der Waals surface area contributed by atoms with Crippen molar-refractivity contribution in [2.45, 2.75) is 43.9 Å². The standard InChI is InChI=1S/C24H28ClN5O5S/c1-3-4-11-28-36(33,34)24(9-10-24)15-35-22-20-17(14-27-29-22)12-19(23(32)30(20)2)21(31)26-13-16-5-7-18(25)8-6-16/h5-8,12,14,28H,3-4,9-11,13,15H2,1-2H3,(H,26,31). The smallest absolute Gasteiger partial charge is 0.263 e. The van der Waals surface area contributed by atoms with Crippen molar-refractivity contribution >= 4 is 38.4 Å². The summed E-state index contributed by atoms with van der Waals surface area (Å²) in [6.45, 7) is 2.48. The molecule has 3 aromatic rings. The number of carbonyl (C=O) groups excluding carboxylic acids is 1. The topological polar surface area (TPSA) is 132 Å². The fourth-order valence-corrected chi connectivity index (χ4v) is 5.52. The highest BCUT2D eigenvalue weighted by Gasteiger charge is 2.55. The first-order valence-electron chi connectivity index (χ1n) is 11.7. The first-order chi connectivity index (χ1) is 17.2. The molecule has 2 aromatic heterocycles. The van der Waals surface area contributed by atoms with Gasteiger partial charge in [-0.1, -0.05) is 37.1 Å². The molecule has 2 heterocycles. The highest BCUT2D eigenvalue weighted by molar-refractivity contribution is 7.91. The number of nitrogens with zero attached hydrogens (tertiary/aromatic N) is 3. The Balaban J connectivity index is 1.53. The van der Waals surface area contributed by atoms with Crippen molar-refractivity contribution in [3.63, 3.8) is 0 Å². The van der Waals surface area contributed by atoms with Crippen LogP contribution in [0, 0.1) is 0 Å². The van der Waals surface area contributed by atoms with Crippen molar-refractivity contribution < 1.29 is 17.9 Å². The minimum atomic E-state index is -3.56. The van der Waals surface area contributed by atoms with Crippen molar-refractivity contribution in [1.82, 2.24) is 24.8 Å². The van der Waals surface area contributed by atoms with E-state index in [0.717, 1.165) is 18.4 Å². The summed E-state index contributed by atoms with van der Waals surface area (Å²) in [7, 11) is -2.06. The summed E-state index contributed by atoms with van der Waals surface area (Å²) >= 11 is 5.89. The molecule has 192 valence electrons. The van der Waals surface area contributed by atoms with Crippen LogP contribution in [0.2, 0.25) is 5.02 Å². The number of aryl methyl sites for hydroxylation is 1. The molecule has 1 fully saturated rings. The summed E-state index contributed by atoms with van der Waals surface area (Å²) in [5.74, 6) is -0.497. The van der Waals surface area contributed by atoms with Gasteiger partial charge in [0.1, 0.15) is 22.4 Å². The molecular weight excluding hydrogens is 506 g/mol. The number of benzene rings is 1. The minimum absolute atomic E-state index is 0.0373. The first kappa shape index (κ1) is 26.1. The normalized spacial score (nSPS) is 14.5. The highest BCUT2D eigenvalue weighted by Crippen LogP contribution is 2.43. The Labute approximate surface area is 214 Å². The SMILES string of the molecule is CCCCNS(=O)(=O)C1(COc2nncc3cc(C(=O)NCc4ccc(Cl)cc4)c(=O)n(C)c23)CC1. The Morgan fingerprint density at radius 1 is 1.25 bits per heavy atom. The highest BCUT2D eigenvalue weighted by atomic mass is 35.5. The van der Waals surface area contributed by atoms with Crippen molar-refractivity contribution in [3.05, 3.63) is 63.0 Å². The van der Waals surface area contributed by atoms with Gasteiger partial charge in [0.15, 0.2) is 0 Å². The molecule has 12 heteroatoms. The number of nitrogens with one attached hydrogen (secondary N) is 2. The predicted molar refractivity (Wildman–Crippen MR) is 137 cm³/mol. The molecule has 10 nitrogen and oxygen atoms in total. The van der Waals surface area contributed by atoms with E-state index in [9.17, 15) is 18.0 Å². The maximum absolute atomic E-state index is 13.0. The third-order valence-electron chi connectivity index (χ3n) is 6.27. The molecule has 36 heavy (non-hydrogen) atoms. The molecule has 0 unspecified atom stereocenters. The Hall–Kier alpha value is -3.02. The molecule has 1 amide bonds. The second-order valence-corrected chi connectivity index (χ2v) is 11.5. The van der Waals surface area contributed by atoms with Gasteiger partial charge in [-0.2, -0.15) is 5.10 Å². The van der Waals surface area contributed by atoms with E-state index in [0.29, 0.717) is 35.3 Å². The van der Waals surface area contributed by atoms with Gasteiger partial charge in [0.25, 0.3) is 17.3 Å². The fraction of sp³-hybridized carbons (Fsp3) is 0.417. The third-order valence-corrected chi connectivity index (χ3v) is 8.78. The number of sulfonamides is 1. The summed E-state index contributed by atoms with van der Waals surface area (Å²) in [5.41, 5.74) is 0.569. The molecule has 1 saturated carbocycles. The van der Waals surface area contributed by atoms with Crippen LogP contribution in [0.4, 0.5) is 0 Å². The number of rotatable bonds is 11. The van der Waals surface area contributed by atoms with E-state index in [4.69, 9.17) is 16.3 Å². The van der Waals surface area contributed by atoms with E-state index in [1.54, 1.807) is 24.3 Å². The lowest BCUT2D eigenvalue weighted by molar-refractivity contribution is 0.0949.